The Morgan fingerprint density at radius 2 is 1.25 bits per heavy atom. The van der Waals surface area contributed by atoms with E-state index in [1.807, 2.05) is 26.0 Å². The normalized spacial score (nSPS) is 8.83. The lowest BCUT2D eigenvalue weighted by Crippen LogP contribution is -1.77. The van der Waals surface area contributed by atoms with E-state index in [0.717, 1.165) is 13.4 Å². The van der Waals surface area contributed by atoms with Gasteiger partial charge in [0.15, 0.2) is 0 Å². The van der Waals surface area contributed by atoms with Crippen LogP contribution in [0.25, 0.3) is 0 Å². The molecule has 0 radical (unpaired) electrons. The van der Waals surface area contributed by atoms with E-state index >= 15 is 0 Å². The molecular weight excluding hydrogens is 348 g/mol. The molecule has 68 valence electrons. The van der Waals surface area contributed by atoms with Crippen LogP contribution in [0.5, 0.6) is 0 Å². The van der Waals surface area contributed by atoms with Crippen molar-refractivity contribution in [3.8, 4) is 0 Å². The van der Waals surface area contributed by atoms with Gasteiger partial charge in [0.2, 0.25) is 0 Å². The molecule has 0 amide bonds. The lowest BCUT2D eigenvalue weighted by Gasteiger charge is -2.00. The molecule has 0 bridgehead atoms. The van der Waals surface area contributed by atoms with Crippen molar-refractivity contribution in [3.05, 3.63) is 31.1 Å². The second-order valence-corrected chi connectivity index (χ2v) is 4.62. The van der Waals surface area contributed by atoms with Gasteiger partial charge in [0, 0.05) is 13.4 Å². The molecule has 0 saturated heterocycles. The third kappa shape index (κ3) is 3.58. The third-order valence-electron chi connectivity index (χ3n) is 1.25. The van der Waals surface area contributed by atoms with Crippen molar-refractivity contribution in [1.29, 1.82) is 0 Å². The maximum atomic E-state index is 3.44. The van der Waals surface area contributed by atoms with Crippen molar-refractivity contribution < 1.29 is 0 Å². The Morgan fingerprint density at radius 1 is 0.917 bits per heavy atom. The zero-order chi connectivity index (χ0) is 9.72. The molecule has 0 atom stereocenters. The van der Waals surface area contributed by atoms with Crippen molar-refractivity contribution in [3.63, 3.8) is 0 Å². The fourth-order valence-electron chi connectivity index (χ4n) is 0.614. The predicted octanol–water partition coefficient (Wildman–Crippen LogP) is 5.31. The summed E-state index contributed by atoms with van der Waals surface area (Å²) >= 11 is 10.3. The minimum Gasteiger partial charge on any atom is -0.0683 e. The van der Waals surface area contributed by atoms with Crippen LogP contribution in [0.15, 0.2) is 25.6 Å². The first-order valence-electron chi connectivity index (χ1n) is 3.72. The quantitative estimate of drug-likeness (QED) is 0.589. The van der Waals surface area contributed by atoms with Gasteiger partial charge in [0.1, 0.15) is 0 Å². The van der Waals surface area contributed by atoms with Crippen LogP contribution in [-0.4, -0.2) is 0 Å². The first-order valence-corrected chi connectivity index (χ1v) is 6.10. The van der Waals surface area contributed by atoms with Crippen LogP contribution in [0.3, 0.4) is 0 Å². The Morgan fingerprint density at radius 3 is 1.58 bits per heavy atom. The van der Waals surface area contributed by atoms with E-state index in [9.17, 15) is 0 Å². The van der Waals surface area contributed by atoms with Crippen LogP contribution >= 0.6 is 47.8 Å². The van der Waals surface area contributed by atoms with Crippen LogP contribution < -0.4 is 0 Å². The molecule has 0 unspecified atom stereocenters. The molecule has 0 aromatic heterocycles. The lowest BCUT2D eigenvalue weighted by atomic mass is 10.2. The van der Waals surface area contributed by atoms with Gasteiger partial charge in [-0.2, -0.15) is 0 Å². The minimum absolute atomic E-state index is 1.08. The summed E-state index contributed by atoms with van der Waals surface area (Å²) in [7, 11) is 0. The van der Waals surface area contributed by atoms with Crippen LogP contribution in [-0.2, 0) is 0 Å². The predicted molar refractivity (Wildman–Crippen MR) is 65.6 cm³/mol. The molecule has 0 heterocycles. The van der Waals surface area contributed by atoms with E-state index in [-0.39, 0.29) is 0 Å². The van der Waals surface area contributed by atoms with Gasteiger partial charge in [-0.3, -0.25) is 0 Å². The summed E-state index contributed by atoms with van der Waals surface area (Å²) in [6, 6.07) is 4.06. The summed E-state index contributed by atoms with van der Waals surface area (Å²) in [5, 5.41) is 0. The van der Waals surface area contributed by atoms with Crippen LogP contribution in [0.4, 0.5) is 0 Å². The topological polar surface area (TPSA) is 0 Å². The molecule has 1 aromatic rings. The zero-order valence-electron chi connectivity index (χ0n) is 7.29. The largest absolute Gasteiger partial charge is 0.0683 e. The first-order chi connectivity index (χ1) is 5.61. The highest BCUT2D eigenvalue weighted by Gasteiger charge is 1.99. The third-order valence-corrected chi connectivity index (χ3v) is 3.35. The summed E-state index contributed by atoms with van der Waals surface area (Å²) < 4.78 is 3.32. The second kappa shape index (κ2) is 6.17. The van der Waals surface area contributed by atoms with Gasteiger partial charge in [-0.1, -0.05) is 61.6 Å². The number of halogens is 3. The van der Waals surface area contributed by atoms with Gasteiger partial charge >= 0.3 is 0 Å². The van der Waals surface area contributed by atoms with Crippen LogP contribution in [0.1, 0.15) is 19.4 Å². The van der Waals surface area contributed by atoms with Crippen molar-refractivity contribution in [2.24, 2.45) is 0 Å². The van der Waals surface area contributed by atoms with Crippen molar-refractivity contribution in [2.75, 3.05) is 0 Å². The molecule has 0 spiro atoms. The van der Waals surface area contributed by atoms with E-state index in [4.69, 9.17) is 0 Å². The van der Waals surface area contributed by atoms with Gasteiger partial charge in [0.25, 0.3) is 0 Å². The van der Waals surface area contributed by atoms with Crippen LogP contribution in [0.2, 0.25) is 0 Å². The SMILES string of the molecule is CC.Cc1c(Br)cc(Br)cc1Br. The summed E-state index contributed by atoms with van der Waals surface area (Å²) in [6.45, 7) is 6.06. The van der Waals surface area contributed by atoms with E-state index in [2.05, 4.69) is 54.7 Å². The number of hydrogen-bond donors (Lipinski definition) is 0. The number of benzene rings is 1. The fraction of sp³-hybridized carbons (Fsp3) is 0.333. The molecule has 3 heteroatoms. The molecular formula is C9H11Br3. The molecule has 0 saturated carbocycles. The maximum Gasteiger partial charge on any atom is 0.0226 e. The number of hydrogen-bond acceptors (Lipinski definition) is 0. The van der Waals surface area contributed by atoms with Crippen molar-refractivity contribution in [1.82, 2.24) is 0 Å². The van der Waals surface area contributed by atoms with Crippen molar-refractivity contribution in [2.45, 2.75) is 20.8 Å². The summed E-state index contributed by atoms with van der Waals surface area (Å²) in [4.78, 5) is 0. The van der Waals surface area contributed by atoms with Gasteiger partial charge in [-0.15, -0.1) is 0 Å². The van der Waals surface area contributed by atoms with Gasteiger partial charge in [-0.05, 0) is 24.6 Å². The van der Waals surface area contributed by atoms with E-state index in [0.29, 0.717) is 0 Å². The Hall–Kier alpha value is 0.660. The van der Waals surface area contributed by atoms with Crippen LogP contribution in [0, 0.1) is 6.92 Å². The Labute approximate surface area is 99.1 Å². The molecule has 0 aliphatic heterocycles. The summed E-state index contributed by atoms with van der Waals surface area (Å²) in [5.74, 6) is 0. The number of rotatable bonds is 0. The summed E-state index contributed by atoms with van der Waals surface area (Å²) in [5.41, 5.74) is 1.23. The molecule has 1 aromatic carbocycles. The monoisotopic (exact) mass is 356 g/mol. The van der Waals surface area contributed by atoms with Gasteiger partial charge in [-0.25, -0.2) is 0 Å². The zero-order valence-corrected chi connectivity index (χ0v) is 12.0. The Kier molecular flexibility index (Phi) is 6.50. The average Bonchev–Trinajstić information content (AvgIpc) is 2.04. The minimum atomic E-state index is 1.08. The van der Waals surface area contributed by atoms with E-state index in [1.165, 1.54) is 5.56 Å². The smallest absolute Gasteiger partial charge is 0.0226 e. The molecule has 0 fully saturated rings. The highest BCUT2D eigenvalue weighted by molar-refractivity contribution is 9.11. The van der Waals surface area contributed by atoms with Gasteiger partial charge in [0.05, 0.1) is 0 Å². The Balaban J connectivity index is 0.000000561. The van der Waals surface area contributed by atoms with Gasteiger partial charge < -0.3 is 0 Å². The fourth-order valence-corrected chi connectivity index (χ4v) is 2.87. The Bertz CT molecular complexity index is 233. The summed E-state index contributed by atoms with van der Waals surface area (Å²) in [6.07, 6.45) is 0. The standard InChI is InChI=1S/C7H5Br3.C2H6/c1-4-6(9)2-5(8)3-7(4)10;1-2/h2-3H,1H3;1-2H3. The highest BCUT2D eigenvalue weighted by Crippen LogP contribution is 2.28. The first kappa shape index (κ1) is 12.7. The molecule has 0 N–H and O–H groups in total. The molecule has 0 aliphatic rings. The highest BCUT2D eigenvalue weighted by atomic mass is 79.9. The molecule has 12 heavy (non-hydrogen) atoms. The van der Waals surface area contributed by atoms with E-state index in [1.54, 1.807) is 0 Å². The molecule has 0 aliphatic carbocycles. The molecule has 1 rings (SSSR count). The maximum absolute atomic E-state index is 3.44. The lowest BCUT2D eigenvalue weighted by molar-refractivity contribution is 1.38. The van der Waals surface area contributed by atoms with Crippen molar-refractivity contribution >= 4 is 47.8 Å². The average molecular weight is 359 g/mol. The molecule has 0 nitrogen and oxygen atoms in total. The second-order valence-electron chi connectivity index (χ2n) is 1.99. The van der Waals surface area contributed by atoms with E-state index < -0.39 is 0 Å².